The Balaban J connectivity index is 0.00000161. The van der Waals surface area contributed by atoms with Crippen LogP contribution in [0.5, 0.6) is 0 Å². The molecule has 3 unspecified atom stereocenters. The molecule has 118 valence electrons. The fraction of sp³-hybridized carbons (Fsp3) is 0.647. The maximum atomic E-state index is 6.38. The fourth-order valence-electron chi connectivity index (χ4n) is 3.65. The predicted molar refractivity (Wildman–Crippen MR) is 78.6 cm³/mol. The molecule has 2 saturated heterocycles. The summed E-state index contributed by atoms with van der Waals surface area (Å²) in [5, 5.41) is 0. The van der Waals surface area contributed by atoms with Crippen molar-refractivity contribution in [1.29, 1.82) is 0 Å². The van der Waals surface area contributed by atoms with Gasteiger partial charge in [-0.15, -0.1) is 0 Å². The molecule has 0 radical (unpaired) electrons. The van der Waals surface area contributed by atoms with E-state index >= 15 is 0 Å². The highest BCUT2D eigenvalue weighted by molar-refractivity contribution is 5.13. The van der Waals surface area contributed by atoms with E-state index in [9.17, 15) is 0 Å². The van der Waals surface area contributed by atoms with Gasteiger partial charge in [-0.1, -0.05) is 30.3 Å². The minimum absolute atomic E-state index is 0. The Hall–Kier alpha value is -0.420. The molecule has 1 aromatic rings. The lowest BCUT2D eigenvalue weighted by Crippen LogP contribution is -3.00. The SMILES string of the molecule is CC(C)OC1CC2CCCC[N+]2(Cc2ccccc2)O1.[Br-]. The molecule has 0 aromatic heterocycles. The van der Waals surface area contributed by atoms with Crippen LogP contribution in [-0.4, -0.2) is 29.6 Å². The highest BCUT2D eigenvalue weighted by Crippen LogP contribution is 2.39. The lowest BCUT2D eigenvalue weighted by atomic mass is 9.98. The normalized spacial score (nSPS) is 31.8. The van der Waals surface area contributed by atoms with Gasteiger partial charge in [0.05, 0.1) is 12.5 Å². The molecule has 2 fully saturated rings. The molecule has 0 amide bonds. The second-order valence-corrected chi connectivity index (χ2v) is 6.42. The number of hydrogen-bond acceptors (Lipinski definition) is 2. The zero-order valence-electron chi connectivity index (χ0n) is 13.0. The van der Waals surface area contributed by atoms with Crippen molar-refractivity contribution in [3.63, 3.8) is 0 Å². The van der Waals surface area contributed by atoms with Gasteiger partial charge in [0.2, 0.25) is 6.29 Å². The van der Waals surface area contributed by atoms with E-state index in [1.165, 1.54) is 24.8 Å². The van der Waals surface area contributed by atoms with Gasteiger partial charge in [-0.3, -0.25) is 0 Å². The molecule has 0 bridgehead atoms. The smallest absolute Gasteiger partial charge is 0.221 e. The van der Waals surface area contributed by atoms with E-state index in [4.69, 9.17) is 9.57 Å². The van der Waals surface area contributed by atoms with Gasteiger partial charge < -0.3 is 21.7 Å². The van der Waals surface area contributed by atoms with Crippen LogP contribution >= 0.6 is 0 Å². The third-order valence-electron chi connectivity index (χ3n) is 4.50. The number of quaternary nitrogens is 1. The van der Waals surface area contributed by atoms with Crippen LogP contribution in [0.4, 0.5) is 0 Å². The summed E-state index contributed by atoms with van der Waals surface area (Å²) in [6, 6.07) is 11.3. The molecular formula is C17H26BrNO2. The summed E-state index contributed by atoms with van der Waals surface area (Å²) in [7, 11) is 0. The first-order chi connectivity index (χ1) is 9.68. The summed E-state index contributed by atoms with van der Waals surface area (Å²) in [6.07, 6.45) is 5.12. The van der Waals surface area contributed by atoms with E-state index in [0.717, 1.165) is 24.2 Å². The van der Waals surface area contributed by atoms with Crippen molar-refractivity contribution in [3.8, 4) is 0 Å². The molecule has 0 spiro atoms. The molecule has 4 heteroatoms. The van der Waals surface area contributed by atoms with Crippen molar-refractivity contribution >= 4 is 0 Å². The molecule has 2 aliphatic rings. The van der Waals surface area contributed by atoms with E-state index in [1.54, 1.807) is 0 Å². The summed E-state index contributed by atoms with van der Waals surface area (Å²) in [4.78, 5) is 6.38. The quantitative estimate of drug-likeness (QED) is 0.738. The van der Waals surface area contributed by atoms with E-state index in [1.807, 2.05) is 0 Å². The molecule has 3 nitrogen and oxygen atoms in total. The Morgan fingerprint density at radius 3 is 2.71 bits per heavy atom. The number of piperidine rings is 1. The molecule has 3 atom stereocenters. The number of hydroxylamine groups is 3. The highest BCUT2D eigenvalue weighted by Gasteiger charge is 2.51. The summed E-state index contributed by atoms with van der Waals surface area (Å²) in [5.74, 6) is 0. The lowest BCUT2D eigenvalue weighted by molar-refractivity contribution is -1.13. The summed E-state index contributed by atoms with van der Waals surface area (Å²) in [5.41, 5.74) is 1.37. The Bertz CT molecular complexity index is 440. The van der Waals surface area contributed by atoms with Gasteiger partial charge in [0, 0.05) is 12.0 Å². The highest BCUT2D eigenvalue weighted by atomic mass is 79.9. The van der Waals surface area contributed by atoms with E-state index < -0.39 is 0 Å². The molecule has 3 rings (SSSR count). The van der Waals surface area contributed by atoms with Gasteiger partial charge in [-0.2, -0.15) is 9.48 Å². The predicted octanol–water partition coefficient (Wildman–Crippen LogP) is 0.646. The van der Waals surface area contributed by atoms with Crippen molar-refractivity contribution in [3.05, 3.63) is 35.9 Å². The van der Waals surface area contributed by atoms with Gasteiger partial charge in [-0.25, -0.2) is 0 Å². The molecule has 2 aliphatic heterocycles. The summed E-state index contributed by atoms with van der Waals surface area (Å²) >= 11 is 0. The maximum absolute atomic E-state index is 6.38. The van der Waals surface area contributed by atoms with Crippen LogP contribution in [0.15, 0.2) is 30.3 Å². The largest absolute Gasteiger partial charge is 1.00 e. The number of fused-ring (bicyclic) bond motifs is 1. The average Bonchev–Trinajstić information content (AvgIpc) is 2.76. The van der Waals surface area contributed by atoms with Crippen LogP contribution in [-0.2, 0) is 16.1 Å². The molecule has 0 saturated carbocycles. The lowest BCUT2D eigenvalue weighted by Gasteiger charge is -2.39. The minimum atomic E-state index is -0.0261. The maximum Gasteiger partial charge on any atom is 0.221 e. The monoisotopic (exact) mass is 355 g/mol. The van der Waals surface area contributed by atoms with Crippen LogP contribution in [0.3, 0.4) is 0 Å². The summed E-state index contributed by atoms with van der Waals surface area (Å²) in [6.45, 7) is 6.27. The Morgan fingerprint density at radius 1 is 1.24 bits per heavy atom. The fourth-order valence-corrected chi connectivity index (χ4v) is 3.65. The topological polar surface area (TPSA) is 18.5 Å². The number of halogens is 1. The molecule has 21 heavy (non-hydrogen) atoms. The van der Waals surface area contributed by atoms with Crippen LogP contribution in [0.1, 0.15) is 45.1 Å². The standard InChI is InChI=1S/C17H26NO2.BrH/c1-14(2)19-17-12-16-10-6-7-11-18(16,20-17)13-15-8-4-3-5-9-15;/h3-5,8-9,14,16-17H,6-7,10-13H2,1-2H3;1H/q+1;/p-1. The van der Waals surface area contributed by atoms with Crippen molar-refractivity contribution in [1.82, 2.24) is 0 Å². The molecule has 1 aromatic carbocycles. The number of rotatable bonds is 4. The molecule has 0 aliphatic carbocycles. The first-order valence-electron chi connectivity index (χ1n) is 7.92. The zero-order valence-corrected chi connectivity index (χ0v) is 14.6. The van der Waals surface area contributed by atoms with Gasteiger partial charge in [-0.05, 0) is 26.7 Å². The minimum Gasteiger partial charge on any atom is -1.00 e. The second kappa shape index (κ2) is 7.23. The van der Waals surface area contributed by atoms with E-state index in [-0.39, 0.29) is 29.4 Å². The van der Waals surface area contributed by atoms with Crippen molar-refractivity contribution in [2.45, 2.75) is 64.5 Å². The van der Waals surface area contributed by atoms with Crippen LogP contribution in [0.25, 0.3) is 0 Å². The second-order valence-electron chi connectivity index (χ2n) is 6.42. The van der Waals surface area contributed by atoms with Crippen LogP contribution < -0.4 is 17.0 Å². The third-order valence-corrected chi connectivity index (χ3v) is 4.50. The molecule has 0 N–H and O–H groups in total. The van der Waals surface area contributed by atoms with Gasteiger partial charge in [0.1, 0.15) is 19.1 Å². The Labute approximate surface area is 138 Å². The Morgan fingerprint density at radius 2 is 2.00 bits per heavy atom. The van der Waals surface area contributed by atoms with Crippen LogP contribution in [0.2, 0.25) is 0 Å². The number of hydrogen-bond donors (Lipinski definition) is 0. The molecular weight excluding hydrogens is 330 g/mol. The third kappa shape index (κ3) is 3.86. The average molecular weight is 356 g/mol. The van der Waals surface area contributed by atoms with Crippen molar-refractivity contribution in [2.75, 3.05) is 6.54 Å². The van der Waals surface area contributed by atoms with E-state index in [2.05, 4.69) is 44.2 Å². The Kier molecular flexibility index (Phi) is 5.83. The van der Waals surface area contributed by atoms with Crippen molar-refractivity contribution in [2.24, 2.45) is 0 Å². The summed E-state index contributed by atoms with van der Waals surface area (Å²) < 4.78 is 6.71. The van der Waals surface area contributed by atoms with Gasteiger partial charge in [0.25, 0.3) is 0 Å². The van der Waals surface area contributed by atoms with Gasteiger partial charge in [0.15, 0.2) is 0 Å². The number of nitrogens with zero attached hydrogens (tertiary/aromatic N) is 1. The van der Waals surface area contributed by atoms with Crippen molar-refractivity contribution < 1.29 is 31.2 Å². The van der Waals surface area contributed by atoms with Crippen LogP contribution in [0, 0.1) is 0 Å². The number of ether oxygens (including phenoxy) is 1. The molecule has 2 heterocycles. The zero-order chi connectivity index (χ0) is 14.0. The first-order valence-corrected chi connectivity index (χ1v) is 7.92. The van der Waals surface area contributed by atoms with E-state index in [0.29, 0.717) is 6.04 Å². The van der Waals surface area contributed by atoms with Gasteiger partial charge >= 0.3 is 0 Å². The number of benzene rings is 1. The first kappa shape index (κ1) is 16.9.